The van der Waals surface area contributed by atoms with Gasteiger partial charge in [-0.05, 0) is 42.2 Å². The zero-order chi connectivity index (χ0) is 16.7. The van der Waals surface area contributed by atoms with Gasteiger partial charge < -0.3 is 0 Å². The van der Waals surface area contributed by atoms with Crippen LogP contribution < -0.4 is 4.72 Å². The minimum absolute atomic E-state index is 0.0110. The predicted molar refractivity (Wildman–Crippen MR) is 89.4 cm³/mol. The third kappa shape index (κ3) is 3.40. The Labute approximate surface area is 137 Å². The molecule has 0 radical (unpaired) electrons. The summed E-state index contributed by atoms with van der Waals surface area (Å²) in [5.74, 6) is 0. The fourth-order valence-electron chi connectivity index (χ4n) is 3.85. The predicted octanol–water partition coefficient (Wildman–Crippen LogP) is 2.84. The normalized spacial score (nSPS) is 24.8. The van der Waals surface area contributed by atoms with Crippen LogP contribution in [0.5, 0.6) is 0 Å². The molecule has 0 spiro atoms. The third-order valence-electron chi connectivity index (χ3n) is 4.79. The molecule has 2 heterocycles. The lowest BCUT2D eigenvalue weighted by atomic mass is 9.64. The number of sulfonamides is 1. The van der Waals surface area contributed by atoms with Gasteiger partial charge in [0.2, 0.25) is 0 Å². The molecule has 6 nitrogen and oxygen atoms in total. The van der Waals surface area contributed by atoms with Gasteiger partial charge in [-0.1, -0.05) is 27.2 Å². The summed E-state index contributed by atoms with van der Waals surface area (Å²) in [5, 5.41) is 7.19. The Morgan fingerprint density at radius 1 is 1.30 bits per heavy atom. The van der Waals surface area contributed by atoms with E-state index in [9.17, 15) is 8.42 Å². The van der Waals surface area contributed by atoms with Gasteiger partial charge >= 0.3 is 0 Å². The van der Waals surface area contributed by atoms with E-state index in [0.717, 1.165) is 19.3 Å². The first-order valence-corrected chi connectivity index (χ1v) is 9.48. The van der Waals surface area contributed by atoms with Gasteiger partial charge in [0.15, 0.2) is 10.7 Å². The van der Waals surface area contributed by atoms with Crippen molar-refractivity contribution in [3.8, 4) is 0 Å². The van der Waals surface area contributed by atoms with E-state index < -0.39 is 10.0 Å². The Morgan fingerprint density at radius 2 is 2.09 bits per heavy atom. The van der Waals surface area contributed by atoms with E-state index in [1.807, 2.05) is 0 Å². The molecular formula is C16H24N4O2S. The number of hydrogen-bond acceptors (Lipinski definition) is 4. The maximum Gasteiger partial charge on any atom is 0.258 e. The number of aromatic nitrogens is 3. The number of aromatic amines is 1. The standard InChI is InChI=1S/C16H24N4O2S/c1-15(2)7-5-8-16(3,10-15)11-18-23(21,22)14-12-6-4-9-17-13(12)19-20-14/h4,6,9,18H,5,7-8,10-11H2,1-3H3,(H,17,19,20)/t16-/m0/s1. The Hall–Kier alpha value is -1.47. The van der Waals surface area contributed by atoms with Crippen LogP contribution in [0.1, 0.15) is 46.5 Å². The summed E-state index contributed by atoms with van der Waals surface area (Å²) < 4.78 is 28.1. The SMILES string of the molecule is CC1(C)CCC[C@](C)(CNS(=O)(=O)c2[nH]nc3ncccc23)C1. The highest BCUT2D eigenvalue weighted by molar-refractivity contribution is 7.89. The lowest BCUT2D eigenvalue weighted by Gasteiger charge is -2.42. The Balaban J connectivity index is 1.79. The number of nitrogens with one attached hydrogen (secondary N) is 2. The second-order valence-electron chi connectivity index (χ2n) is 7.76. The second-order valence-corrected chi connectivity index (χ2v) is 9.46. The van der Waals surface area contributed by atoms with Gasteiger partial charge in [0.1, 0.15) is 0 Å². The number of H-pyrrole nitrogens is 1. The first-order chi connectivity index (χ1) is 10.7. The van der Waals surface area contributed by atoms with Crippen LogP contribution >= 0.6 is 0 Å². The van der Waals surface area contributed by atoms with Crippen LogP contribution in [0, 0.1) is 10.8 Å². The summed E-state index contributed by atoms with van der Waals surface area (Å²) in [6.45, 7) is 7.13. The second kappa shape index (κ2) is 5.56. The minimum Gasteiger partial charge on any atom is -0.263 e. The summed E-state index contributed by atoms with van der Waals surface area (Å²) in [7, 11) is -3.63. The molecule has 3 rings (SSSR count). The molecule has 126 valence electrons. The summed E-state index contributed by atoms with van der Waals surface area (Å²) in [6.07, 6.45) is 6.00. The van der Waals surface area contributed by atoms with Crippen molar-refractivity contribution in [2.75, 3.05) is 6.54 Å². The van der Waals surface area contributed by atoms with Crippen LogP contribution in [0.3, 0.4) is 0 Å². The summed E-state index contributed by atoms with van der Waals surface area (Å²) in [5.41, 5.74) is 0.671. The largest absolute Gasteiger partial charge is 0.263 e. The molecule has 0 aliphatic heterocycles. The van der Waals surface area contributed by atoms with Crippen molar-refractivity contribution in [1.82, 2.24) is 19.9 Å². The zero-order valence-electron chi connectivity index (χ0n) is 13.9. The maximum atomic E-state index is 12.6. The molecule has 0 aromatic carbocycles. The average molecular weight is 336 g/mol. The lowest BCUT2D eigenvalue weighted by Crippen LogP contribution is -2.41. The number of nitrogens with zero attached hydrogens (tertiary/aromatic N) is 2. The molecule has 23 heavy (non-hydrogen) atoms. The van der Waals surface area contributed by atoms with E-state index in [-0.39, 0.29) is 15.9 Å². The molecule has 0 saturated heterocycles. The van der Waals surface area contributed by atoms with Crippen LogP contribution in [-0.2, 0) is 10.0 Å². The van der Waals surface area contributed by atoms with Gasteiger partial charge in [-0.3, -0.25) is 5.10 Å². The Kier molecular flexibility index (Phi) is 3.96. The molecule has 2 N–H and O–H groups in total. The van der Waals surface area contributed by atoms with Crippen molar-refractivity contribution in [2.24, 2.45) is 10.8 Å². The van der Waals surface area contributed by atoms with Crippen molar-refractivity contribution >= 4 is 21.1 Å². The number of fused-ring (bicyclic) bond motifs is 1. The van der Waals surface area contributed by atoms with Gasteiger partial charge in [-0.25, -0.2) is 18.1 Å². The topological polar surface area (TPSA) is 87.7 Å². The van der Waals surface area contributed by atoms with E-state index >= 15 is 0 Å². The molecule has 1 fully saturated rings. The third-order valence-corrected chi connectivity index (χ3v) is 6.16. The number of hydrogen-bond donors (Lipinski definition) is 2. The quantitative estimate of drug-likeness (QED) is 0.898. The van der Waals surface area contributed by atoms with Crippen molar-refractivity contribution in [3.05, 3.63) is 18.3 Å². The number of pyridine rings is 1. The Bertz CT molecular complexity index is 812. The van der Waals surface area contributed by atoms with Crippen molar-refractivity contribution < 1.29 is 8.42 Å². The number of rotatable bonds is 4. The van der Waals surface area contributed by atoms with E-state index in [2.05, 4.69) is 40.7 Å². The van der Waals surface area contributed by atoms with E-state index in [0.29, 0.717) is 17.6 Å². The first kappa shape index (κ1) is 16.4. The molecule has 1 aliphatic rings. The van der Waals surface area contributed by atoms with Crippen molar-refractivity contribution in [1.29, 1.82) is 0 Å². The smallest absolute Gasteiger partial charge is 0.258 e. The fraction of sp³-hybridized carbons (Fsp3) is 0.625. The van der Waals surface area contributed by atoms with Gasteiger partial charge in [0.05, 0.1) is 5.39 Å². The van der Waals surface area contributed by atoms with Gasteiger partial charge in [0, 0.05) is 12.7 Å². The van der Waals surface area contributed by atoms with E-state index in [1.165, 1.54) is 6.42 Å². The highest BCUT2D eigenvalue weighted by Gasteiger charge is 2.37. The fourth-order valence-corrected chi connectivity index (χ4v) is 5.15. The summed E-state index contributed by atoms with van der Waals surface area (Å²) in [6, 6.07) is 3.42. The zero-order valence-corrected chi connectivity index (χ0v) is 14.7. The van der Waals surface area contributed by atoms with E-state index in [4.69, 9.17) is 0 Å². The highest BCUT2D eigenvalue weighted by Crippen LogP contribution is 2.45. The Morgan fingerprint density at radius 3 is 2.83 bits per heavy atom. The molecule has 1 atom stereocenters. The van der Waals surface area contributed by atoms with Crippen LogP contribution in [0.15, 0.2) is 23.4 Å². The average Bonchev–Trinajstić information content (AvgIpc) is 2.89. The van der Waals surface area contributed by atoms with Gasteiger partial charge in [-0.15, -0.1) is 0 Å². The first-order valence-electron chi connectivity index (χ1n) is 8.00. The molecule has 1 aliphatic carbocycles. The monoisotopic (exact) mass is 336 g/mol. The summed E-state index contributed by atoms with van der Waals surface area (Å²) >= 11 is 0. The molecule has 2 aromatic heterocycles. The van der Waals surface area contributed by atoms with E-state index in [1.54, 1.807) is 18.3 Å². The molecule has 0 bridgehead atoms. The lowest BCUT2D eigenvalue weighted by molar-refractivity contribution is 0.103. The molecular weight excluding hydrogens is 312 g/mol. The van der Waals surface area contributed by atoms with Gasteiger partial charge in [0.25, 0.3) is 10.0 Å². The minimum atomic E-state index is -3.63. The molecule has 0 unspecified atom stereocenters. The van der Waals surface area contributed by atoms with Crippen molar-refractivity contribution in [2.45, 2.75) is 51.5 Å². The molecule has 7 heteroatoms. The maximum absolute atomic E-state index is 12.6. The molecule has 1 saturated carbocycles. The summed E-state index contributed by atoms with van der Waals surface area (Å²) in [4.78, 5) is 4.06. The van der Waals surface area contributed by atoms with Crippen LogP contribution in [-0.4, -0.2) is 30.1 Å². The molecule has 2 aromatic rings. The highest BCUT2D eigenvalue weighted by atomic mass is 32.2. The van der Waals surface area contributed by atoms with Crippen molar-refractivity contribution in [3.63, 3.8) is 0 Å². The van der Waals surface area contributed by atoms with Gasteiger partial charge in [-0.2, -0.15) is 5.10 Å². The van der Waals surface area contributed by atoms with Crippen LogP contribution in [0.25, 0.3) is 11.0 Å². The van der Waals surface area contributed by atoms with Crippen LogP contribution in [0.2, 0.25) is 0 Å². The molecule has 0 amide bonds. The van der Waals surface area contributed by atoms with Crippen LogP contribution in [0.4, 0.5) is 0 Å².